The van der Waals surface area contributed by atoms with Gasteiger partial charge in [-0.25, -0.2) is 0 Å². The third kappa shape index (κ3) is 4.65. The summed E-state index contributed by atoms with van der Waals surface area (Å²) < 4.78 is 10.9. The molecule has 2 rings (SSSR count). The predicted molar refractivity (Wildman–Crippen MR) is 96.0 cm³/mol. The second kappa shape index (κ2) is 8.06. The van der Waals surface area contributed by atoms with E-state index in [1.807, 2.05) is 51.1 Å². The van der Waals surface area contributed by atoms with Crippen LogP contribution < -0.4 is 14.8 Å². The first-order valence-electron chi connectivity index (χ1n) is 7.73. The third-order valence-electron chi connectivity index (χ3n) is 3.67. The van der Waals surface area contributed by atoms with Crippen LogP contribution in [-0.4, -0.2) is 19.6 Å². The van der Waals surface area contributed by atoms with Crippen molar-refractivity contribution in [3.63, 3.8) is 0 Å². The maximum absolute atomic E-state index is 12.2. The molecule has 0 aliphatic rings. The maximum atomic E-state index is 12.2. The molecule has 0 saturated heterocycles. The maximum Gasteiger partial charge on any atom is 0.258 e. The number of ether oxygens (including phenoxy) is 2. The van der Waals surface area contributed by atoms with Crippen molar-refractivity contribution in [2.24, 2.45) is 0 Å². The highest BCUT2D eigenvalue weighted by atomic mass is 35.5. The van der Waals surface area contributed by atoms with Gasteiger partial charge in [0.25, 0.3) is 5.91 Å². The summed E-state index contributed by atoms with van der Waals surface area (Å²) >= 11 is 6.07. The molecule has 2 aromatic carbocycles. The number of hydrogen-bond donors (Lipinski definition) is 1. The molecule has 0 fully saturated rings. The second-order valence-corrected chi connectivity index (χ2v) is 6.16. The van der Waals surface area contributed by atoms with E-state index >= 15 is 0 Å². The zero-order chi connectivity index (χ0) is 17.7. The highest BCUT2D eigenvalue weighted by Crippen LogP contribution is 2.27. The average Bonchev–Trinajstić information content (AvgIpc) is 2.55. The van der Waals surface area contributed by atoms with Gasteiger partial charge in [-0.2, -0.15) is 0 Å². The Morgan fingerprint density at radius 3 is 2.50 bits per heavy atom. The molecule has 1 amide bonds. The Bertz CT molecular complexity index is 731. The molecule has 0 saturated carbocycles. The number of carbonyl (C=O) groups excluding carboxylic acids is 1. The van der Waals surface area contributed by atoms with Crippen molar-refractivity contribution in [3.05, 3.63) is 58.1 Å². The number of aryl methyl sites for hydroxylation is 2. The molecular weight excluding hydrogens is 326 g/mol. The number of carbonyl (C=O) groups is 1. The topological polar surface area (TPSA) is 47.6 Å². The summed E-state index contributed by atoms with van der Waals surface area (Å²) in [5.74, 6) is 1.03. The molecule has 0 heterocycles. The van der Waals surface area contributed by atoms with Crippen LogP contribution in [0.15, 0.2) is 36.4 Å². The summed E-state index contributed by atoms with van der Waals surface area (Å²) in [6, 6.07) is 11.1. The normalized spacial score (nSPS) is 11.7. The van der Waals surface area contributed by atoms with E-state index in [2.05, 4.69) is 5.32 Å². The number of amides is 1. The molecule has 0 aliphatic heterocycles. The van der Waals surface area contributed by atoms with E-state index in [1.165, 1.54) is 0 Å². The van der Waals surface area contributed by atoms with Gasteiger partial charge >= 0.3 is 0 Å². The predicted octanol–water partition coefficient (Wildman–Crippen LogP) is 4.22. The summed E-state index contributed by atoms with van der Waals surface area (Å²) in [4.78, 5) is 12.2. The van der Waals surface area contributed by atoms with Crippen LogP contribution in [0.2, 0.25) is 5.02 Å². The quantitative estimate of drug-likeness (QED) is 0.851. The fourth-order valence-corrected chi connectivity index (χ4v) is 2.59. The van der Waals surface area contributed by atoms with E-state index in [0.29, 0.717) is 10.8 Å². The van der Waals surface area contributed by atoms with E-state index < -0.39 is 0 Å². The second-order valence-electron chi connectivity index (χ2n) is 5.76. The van der Waals surface area contributed by atoms with Crippen molar-refractivity contribution < 1.29 is 14.3 Å². The molecule has 5 heteroatoms. The highest BCUT2D eigenvalue weighted by molar-refractivity contribution is 6.32. The van der Waals surface area contributed by atoms with Gasteiger partial charge in [-0.1, -0.05) is 35.4 Å². The van der Waals surface area contributed by atoms with Gasteiger partial charge in [-0.15, -0.1) is 0 Å². The van der Waals surface area contributed by atoms with E-state index in [9.17, 15) is 4.79 Å². The van der Waals surface area contributed by atoms with Gasteiger partial charge in [0.05, 0.1) is 18.2 Å². The first-order chi connectivity index (χ1) is 11.4. The van der Waals surface area contributed by atoms with Crippen molar-refractivity contribution in [1.82, 2.24) is 5.32 Å². The van der Waals surface area contributed by atoms with Crippen LogP contribution in [0.5, 0.6) is 11.5 Å². The molecule has 0 aromatic heterocycles. The number of hydrogen-bond acceptors (Lipinski definition) is 3. The lowest BCUT2D eigenvalue weighted by Crippen LogP contribution is -2.31. The van der Waals surface area contributed by atoms with Crippen molar-refractivity contribution in [3.8, 4) is 11.5 Å². The Morgan fingerprint density at radius 1 is 1.12 bits per heavy atom. The minimum absolute atomic E-state index is 0.0956. The molecular formula is C19H22ClNO3. The van der Waals surface area contributed by atoms with Crippen LogP contribution in [0.3, 0.4) is 0 Å². The molecule has 1 N–H and O–H groups in total. The molecule has 4 nitrogen and oxygen atoms in total. The molecule has 0 bridgehead atoms. The van der Waals surface area contributed by atoms with Crippen molar-refractivity contribution in [2.45, 2.75) is 26.8 Å². The van der Waals surface area contributed by atoms with Crippen molar-refractivity contribution in [1.29, 1.82) is 0 Å². The van der Waals surface area contributed by atoms with Crippen LogP contribution in [0.4, 0.5) is 0 Å². The lowest BCUT2D eigenvalue weighted by Gasteiger charge is -2.18. The fourth-order valence-electron chi connectivity index (χ4n) is 2.42. The van der Waals surface area contributed by atoms with E-state index in [-0.39, 0.29) is 18.6 Å². The van der Waals surface area contributed by atoms with E-state index in [0.717, 1.165) is 22.4 Å². The highest BCUT2D eigenvalue weighted by Gasteiger charge is 2.15. The Hall–Kier alpha value is -2.20. The first-order valence-corrected chi connectivity index (χ1v) is 8.11. The van der Waals surface area contributed by atoms with Crippen molar-refractivity contribution >= 4 is 17.5 Å². The van der Waals surface area contributed by atoms with Gasteiger partial charge < -0.3 is 14.8 Å². The van der Waals surface area contributed by atoms with Crippen LogP contribution in [0.25, 0.3) is 0 Å². The molecule has 0 aliphatic carbocycles. The lowest BCUT2D eigenvalue weighted by molar-refractivity contribution is -0.123. The molecule has 1 unspecified atom stereocenters. The summed E-state index contributed by atoms with van der Waals surface area (Å²) in [7, 11) is 1.62. The lowest BCUT2D eigenvalue weighted by atomic mass is 10.0. The Labute approximate surface area is 147 Å². The number of nitrogens with one attached hydrogen (secondary N) is 1. The number of rotatable bonds is 6. The van der Waals surface area contributed by atoms with Crippen LogP contribution in [-0.2, 0) is 4.79 Å². The third-order valence-corrected chi connectivity index (χ3v) is 3.99. The smallest absolute Gasteiger partial charge is 0.258 e. The van der Waals surface area contributed by atoms with Gasteiger partial charge in [0.1, 0.15) is 11.5 Å². The monoisotopic (exact) mass is 347 g/mol. The van der Waals surface area contributed by atoms with Crippen LogP contribution >= 0.6 is 11.6 Å². The number of methoxy groups -OCH3 is 1. The molecule has 0 radical (unpaired) electrons. The minimum Gasteiger partial charge on any atom is -0.496 e. The molecule has 24 heavy (non-hydrogen) atoms. The SMILES string of the molecule is COc1ccc(C)cc1C(C)NC(=O)COc1cc(C)ccc1Cl. The van der Waals surface area contributed by atoms with Gasteiger partial charge in [-0.05, 0) is 44.5 Å². The molecule has 128 valence electrons. The van der Waals surface area contributed by atoms with Crippen molar-refractivity contribution in [2.75, 3.05) is 13.7 Å². The van der Waals surface area contributed by atoms with Gasteiger partial charge in [0.2, 0.25) is 0 Å². The van der Waals surface area contributed by atoms with E-state index in [1.54, 1.807) is 13.2 Å². The first kappa shape index (κ1) is 18.1. The van der Waals surface area contributed by atoms with E-state index in [4.69, 9.17) is 21.1 Å². The molecule has 0 spiro atoms. The zero-order valence-electron chi connectivity index (χ0n) is 14.4. The molecule has 2 aromatic rings. The summed E-state index contributed by atoms with van der Waals surface area (Å²) in [6.45, 7) is 5.76. The Morgan fingerprint density at radius 2 is 1.79 bits per heavy atom. The standard InChI is InChI=1S/C19H22ClNO3/c1-12-6-8-17(23-4)15(9-12)14(3)21-19(22)11-24-18-10-13(2)5-7-16(18)20/h5-10,14H,11H2,1-4H3,(H,21,22). The van der Waals surface area contributed by atoms with Gasteiger partial charge in [0.15, 0.2) is 6.61 Å². The largest absolute Gasteiger partial charge is 0.496 e. The number of benzene rings is 2. The summed E-state index contributed by atoms with van der Waals surface area (Å²) in [6.07, 6.45) is 0. The van der Waals surface area contributed by atoms with Gasteiger partial charge in [0, 0.05) is 5.56 Å². The molecule has 1 atom stereocenters. The fraction of sp³-hybridized carbons (Fsp3) is 0.316. The summed E-state index contributed by atoms with van der Waals surface area (Å²) in [5, 5.41) is 3.40. The van der Waals surface area contributed by atoms with Gasteiger partial charge in [-0.3, -0.25) is 4.79 Å². The average molecular weight is 348 g/mol. The van der Waals surface area contributed by atoms with Crippen LogP contribution in [0, 0.1) is 13.8 Å². The van der Waals surface area contributed by atoms with Crippen LogP contribution in [0.1, 0.15) is 29.7 Å². The Balaban J connectivity index is 1.99. The Kier molecular flexibility index (Phi) is 6.10. The zero-order valence-corrected chi connectivity index (χ0v) is 15.1. The minimum atomic E-state index is -0.219. The number of halogens is 1. The summed E-state index contributed by atoms with van der Waals surface area (Å²) in [5.41, 5.74) is 3.06.